The molecule has 7 rings (SSSR count). The lowest BCUT2D eigenvalue weighted by atomic mass is 10.0. The molecule has 1 amide bonds. The van der Waals surface area contributed by atoms with E-state index in [1.165, 1.54) is 45.6 Å². The second-order valence-corrected chi connectivity index (χ2v) is 12.4. The molecular formula is C39H36F3N7O3. The molecule has 0 saturated carbocycles. The van der Waals surface area contributed by atoms with Crippen molar-refractivity contribution >= 4 is 28.9 Å². The summed E-state index contributed by atoms with van der Waals surface area (Å²) in [7, 11) is 2.93. The summed E-state index contributed by atoms with van der Waals surface area (Å²) in [6.45, 7) is 2.85. The Labute approximate surface area is 298 Å². The molecule has 2 N–H and O–H groups in total. The lowest BCUT2D eigenvalue weighted by Crippen LogP contribution is -2.31. The van der Waals surface area contributed by atoms with E-state index >= 15 is 4.39 Å². The molecule has 4 heterocycles. The number of carbonyl (C=O) groups excluding carboxylic acids is 1. The van der Waals surface area contributed by atoms with E-state index in [1.807, 2.05) is 28.8 Å². The Hall–Kier alpha value is -5.95. The third-order valence-corrected chi connectivity index (χ3v) is 9.11. The molecular weight excluding hydrogens is 671 g/mol. The number of pyridine rings is 1. The first kappa shape index (κ1) is 34.5. The SMILES string of the molecule is COc1cc(CCN2CCCCC2)c(F)cc1Nc1nccc(-c2c(-c3ccc(OC)c(C(=O)Nc4c(F)cccc4F)c3)nc3ccccn23)n1. The molecule has 0 aliphatic carbocycles. The summed E-state index contributed by atoms with van der Waals surface area (Å²) < 4.78 is 57.2. The van der Waals surface area contributed by atoms with Gasteiger partial charge in [0, 0.05) is 30.6 Å². The highest BCUT2D eigenvalue weighted by atomic mass is 19.1. The number of imidazole rings is 1. The number of nitrogens with one attached hydrogen (secondary N) is 2. The molecule has 266 valence electrons. The van der Waals surface area contributed by atoms with Crippen LogP contribution in [0.5, 0.6) is 11.5 Å². The second-order valence-electron chi connectivity index (χ2n) is 12.4. The number of nitrogens with zero attached hydrogens (tertiary/aromatic N) is 5. The van der Waals surface area contributed by atoms with Crippen molar-refractivity contribution in [3.63, 3.8) is 0 Å². The van der Waals surface area contributed by atoms with Crippen LogP contribution < -0.4 is 20.1 Å². The smallest absolute Gasteiger partial charge is 0.259 e. The van der Waals surface area contributed by atoms with E-state index in [4.69, 9.17) is 19.4 Å². The highest BCUT2D eigenvalue weighted by Gasteiger charge is 2.23. The number of methoxy groups -OCH3 is 2. The van der Waals surface area contributed by atoms with Gasteiger partial charge in [-0.25, -0.2) is 28.1 Å². The summed E-state index contributed by atoms with van der Waals surface area (Å²) in [5.41, 5.74) is 3.02. The first-order valence-corrected chi connectivity index (χ1v) is 16.9. The number of rotatable bonds is 11. The van der Waals surface area contributed by atoms with Gasteiger partial charge in [0.1, 0.15) is 40.3 Å². The molecule has 13 heteroatoms. The van der Waals surface area contributed by atoms with E-state index in [-0.39, 0.29) is 23.1 Å². The number of ether oxygens (including phenoxy) is 2. The van der Waals surface area contributed by atoms with Gasteiger partial charge in [0.25, 0.3) is 5.91 Å². The van der Waals surface area contributed by atoms with Crippen molar-refractivity contribution in [2.45, 2.75) is 25.7 Å². The van der Waals surface area contributed by atoms with Crippen molar-refractivity contribution in [1.29, 1.82) is 0 Å². The number of likely N-dealkylation sites (tertiary alicyclic amines) is 1. The average Bonchev–Trinajstić information content (AvgIpc) is 3.56. The number of carbonyl (C=O) groups is 1. The molecule has 0 spiro atoms. The first-order chi connectivity index (χ1) is 25.3. The van der Waals surface area contributed by atoms with Crippen molar-refractivity contribution in [3.05, 3.63) is 114 Å². The highest BCUT2D eigenvalue weighted by Crippen LogP contribution is 2.36. The molecule has 1 saturated heterocycles. The van der Waals surface area contributed by atoms with Gasteiger partial charge in [-0.3, -0.25) is 9.20 Å². The Bertz CT molecular complexity index is 2230. The summed E-state index contributed by atoms with van der Waals surface area (Å²) >= 11 is 0. The largest absolute Gasteiger partial charge is 0.496 e. The minimum absolute atomic E-state index is 0.0317. The van der Waals surface area contributed by atoms with E-state index in [1.54, 1.807) is 36.5 Å². The molecule has 3 aromatic heterocycles. The fourth-order valence-corrected chi connectivity index (χ4v) is 6.46. The molecule has 6 aromatic rings. The van der Waals surface area contributed by atoms with E-state index in [0.717, 1.165) is 31.8 Å². The van der Waals surface area contributed by atoms with Crippen LogP contribution in [0.1, 0.15) is 35.2 Å². The third-order valence-electron chi connectivity index (χ3n) is 9.11. The van der Waals surface area contributed by atoms with Gasteiger partial charge in [-0.05, 0) is 92.5 Å². The van der Waals surface area contributed by atoms with E-state index in [2.05, 4.69) is 20.5 Å². The van der Waals surface area contributed by atoms with Crippen molar-refractivity contribution in [2.24, 2.45) is 0 Å². The van der Waals surface area contributed by atoms with Crippen LogP contribution in [0, 0.1) is 17.5 Å². The quantitative estimate of drug-likeness (QED) is 0.140. The van der Waals surface area contributed by atoms with Gasteiger partial charge >= 0.3 is 0 Å². The predicted molar refractivity (Wildman–Crippen MR) is 193 cm³/mol. The number of piperidine rings is 1. The van der Waals surface area contributed by atoms with Crippen LogP contribution in [-0.2, 0) is 6.42 Å². The molecule has 3 aromatic carbocycles. The van der Waals surface area contributed by atoms with Crippen molar-refractivity contribution in [2.75, 3.05) is 44.5 Å². The van der Waals surface area contributed by atoms with Gasteiger partial charge in [-0.15, -0.1) is 0 Å². The number of benzene rings is 3. The molecule has 52 heavy (non-hydrogen) atoms. The van der Waals surface area contributed by atoms with Crippen molar-refractivity contribution in [3.8, 4) is 34.1 Å². The molecule has 10 nitrogen and oxygen atoms in total. The summed E-state index contributed by atoms with van der Waals surface area (Å²) in [6.07, 6.45) is 7.55. The zero-order valence-electron chi connectivity index (χ0n) is 28.6. The number of aromatic nitrogens is 4. The van der Waals surface area contributed by atoms with Crippen LogP contribution >= 0.6 is 0 Å². The fourth-order valence-electron chi connectivity index (χ4n) is 6.46. The number of amides is 1. The average molecular weight is 708 g/mol. The van der Waals surface area contributed by atoms with Crippen LogP contribution in [0.2, 0.25) is 0 Å². The zero-order valence-corrected chi connectivity index (χ0v) is 28.6. The second kappa shape index (κ2) is 15.1. The Balaban J connectivity index is 1.22. The molecule has 1 fully saturated rings. The van der Waals surface area contributed by atoms with E-state index in [9.17, 15) is 13.6 Å². The summed E-state index contributed by atoms with van der Waals surface area (Å²) in [4.78, 5) is 29.8. The van der Waals surface area contributed by atoms with Gasteiger partial charge in [-0.1, -0.05) is 18.6 Å². The lowest BCUT2D eigenvalue weighted by molar-refractivity contribution is 0.102. The maximum Gasteiger partial charge on any atom is 0.259 e. The number of hydrogen-bond acceptors (Lipinski definition) is 8. The van der Waals surface area contributed by atoms with Crippen LogP contribution in [0.3, 0.4) is 0 Å². The Morgan fingerprint density at radius 3 is 2.40 bits per heavy atom. The topological polar surface area (TPSA) is 106 Å². The molecule has 0 bridgehead atoms. The summed E-state index contributed by atoms with van der Waals surface area (Å²) in [5.74, 6) is -2.12. The Morgan fingerprint density at radius 1 is 0.846 bits per heavy atom. The lowest BCUT2D eigenvalue weighted by Gasteiger charge is -2.26. The van der Waals surface area contributed by atoms with Gasteiger partial charge in [-0.2, -0.15) is 0 Å². The van der Waals surface area contributed by atoms with Crippen LogP contribution in [-0.4, -0.2) is 64.0 Å². The molecule has 1 aliphatic rings. The normalized spacial score (nSPS) is 13.2. The summed E-state index contributed by atoms with van der Waals surface area (Å²) in [6, 6.07) is 18.5. The third kappa shape index (κ3) is 7.12. The molecule has 0 unspecified atom stereocenters. The van der Waals surface area contributed by atoms with Gasteiger partial charge in [0.15, 0.2) is 0 Å². The number of halogens is 3. The van der Waals surface area contributed by atoms with Crippen LogP contribution in [0.15, 0.2) is 85.2 Å². The maximum atomic E-state index is 15.4. The predicted octanol–water partition coefficient (Wildman–Crippen LogP) is 7.92. The minimum atomic E-state index is -0.913. The minimum Gasteiger partial charge on any atom is -0.496 e. The van der Waals surface area contributed by atoms with Gasteiger partial charge < -0.3 is 25.0 Å². The van der Waals surface area contributed by atoms with E-state index in [0.29, 0.717) is 51.7 Å². The Morgan fingerprint density at radius 2 is 1.63 bits per heavy atom. The van der Waals surface area contributed by atoms with Gasteiger partial charge in [0.2, 0.25) is 5.95 Å². The maximum absolute atomic E-state index is 15.4. The van der Waals surface area contributed by atoms with Crippen LogP contribution in [0.25, 0.3) is 28.3 Å². The summed E-state index contributed by atoms with van der Waals surface area (Å²) in [5, 5.41) is 5.45. The van der Waals surface area contributed by atoms with Crippen LogP contribution in [0.4, 0.5) is 30.5 Å². The van der Waals surface area contributed by atoms with Crippen molar-refractivity contribution < 1.29 is 27.4 Å². The molecule has 0 radical (unpaired) electrons. The zero-order chi connectivity index (χ0) is 36.2. The molecule has 0 atom stereocenters. The number of para-hydroxylation sites is 1. The monoisotopic (exact) mass is 707 g/mol. The highest BCUT2D eigenvalue weighted by molar-refractivity contribution is 6.07. The standard InChI is InChI=1S/C39H36F3N7O3/c1-51-32-13-12-25(21-26(32)38(50)47-36-27(40)9-8-10-28(36)41)35-37(49-19-7-4-11-34(49)46-35)30-14-16-43-39(44-30)45-31-23-29(42)24(22-33(31)52-2)15-20-48-17-5-3-6-18-48/h4,7-14,16,19,21-23H,3,5-6,15,17-18,20H2,1-2H3,(H,47,50)(H,43,44,45). The molecule has 1 aliphatic heterocycles. The number of anilines is 3. The Kier molecular flexibility index (Phi) is 10.0. The number of hydrogen-bond donors (Lipinski definition) is 2. The fraction of sp³-hybridized carbons (Fsp3) is 0.231. The van der Waals surface area contributed by atoms with Crippen molar-refractivity contribution in [1.82, 2.24) is 24.3 Å². The number of fused-ring (bicyclic) bond motifs is 1. The van der Waals surface area contributed by atoms with Gasteiger partial charge in [0.05, 0.1) is 42.6 Å². The van der Waals surface area contributed by atoms with E-state index < -0.39 is 23.2 Å². The first-order valence-electron chi connectivity index (χ1n) is 16.9.